The van der Waals surface area contributed by atoms with Crippen LogP contribution in [0.15, 0.2) is 59.4 Å². The Hall–Kier alpha value is -2.61. The molecule has 31 heavy (non-hydrogen) atoms. The van der Waals surface area contributed by atoms with Crippen molar-refractivity contribution in [1.29, 1.82) is 0 Å². The SMILES string of the molecule is COc1ccc(-c2cnc(CCC(=O)N3CCNCC3c3cccnc3)o2)cc1.Cl.Cl. The molecule has 1 amide bonds. The maximum absolute atomic E-state index is 12.9. The third-order valence-electron chi connectivity index (χ3n) is 5.11. The Morgan fingerprint density at radius 3 is 2.74 bits per heavy atom. The van der Waals surface area contributed by atoms with Crippen LogP contribution in [0.3, 0.4) is 0 Å². The number of carbonyl (C=O) groups excluding carboxylic acids is 1. The van der Waals surface area contributed by atoms with Crippen molar-refractivity contribution in [1.82, 2.24) is 20.2 Å². The highest BCUT2D eigenvalue weighted by molar-refractivity contribution is 5.85. The van der Waals surface area contributed by atoms with E-state index < -0.39 is 0 Å². The topological polar surface area (TPSA) is 80.5 Å². The maximum atomic E-state index is 12.9. The molecule has 0 saturated carbocycles. The molecule has 0 aliphatic carbocycles. The van der Waals surface area contributed by atoms with E-state index >= 15 is 0 Å². The van der Waals surface area contributed by atoms with Crippen molar-refractivity contribution in [3.8, 4) is 17.1 Å². The van der Waals surface area contributed by atoms with Gasteiger partial charge in [0.2, 0.25) is 5.91 Å². The number of nitrogens with zero attached hydrogens (tertiary/aromatic N) is 3. The average Bonchev–Trinajstić information content (AvgIpc) is 3.27. The van der Waals surface area contributed by atoms with Crippen molar-refractivity contribution >= 4 is 30.7 Å². The van der Waals surface area contributed by atoms with Gasteiger partial charge in [0.15, 0.2) is 11.7 Å². The number of aryl methyl sites for hydroxylation is 1. The van der Waals surface area contributed by atoms with Gasteiger partial charge in [-0.05, 0) is 35.9 Å². The molecule has 9 heteroatoms. The summed E-state index contributed by atoms with van der Waals surface area (Å²) in [7, 11) is 1.63. The first-order valence-corrected chi connectivity index (χ1v) is 9.74. The minimum Gasteiger partial charge on any atom is -0.497 e. The van der Waals surface area contributed by atoms with E-state index in [9.17, 15) is 4.79 Å². The fraction of sp³-hybridized carbons (Fsp3) is 0.318. The molecule has 166 valence electrons. The Labute approximate surface area is 194 Å². The van der Waals surface area contributed by atoms with Crippen LogP contribution in [0.4, 0.5) is 0 Å². The molecule has 7 nitrogen and oxygen atoms in total. The van der Waals surface area contributed by atoms with Crippen LogP contribution < -0.4 is 10.1 Å². The molecule has 4 rings (SSSR count). The Bertz CT molecular complexity index is 951. The lowest BCUT2D eigenvalue weighted by Crippen LogP contribution is -2.48. The van der Waals surface area contributed by atoms with Gasteiger partial charge in [-0.25, -0.2) is 4.98 Å². The second-order valence-corrected chi connectivity index (χ2v) is 6.94. The quantitative estimate of drug-likeness (QED) is 0.598. The first-order valence-electron chi connectivity index (χ1n) is 9.74. The van der Waals surface area contributed by atoms with Gasteiger partial charge in [0, 0.05) is 50.4 Å². The molecule has 1 fully saturated rings. The number of halogens is 2. The zero-order valence-electron chi connectivity index (χ0n) is 17.2. The van der Waals surface area contributed by atoms with Crippen molar-refractivity contribution in [3.05, 3.63) is 66.4 Å². The van der Waals surface area contributed by atoms with Crippen LogP contribution in [0.5, 0.6) is 5.75 Å². The summed E-state index contributed by atoms with van der Waals surface area (Å²) in [6.07, 6.45) is 6.10. The third-order valence-corrected chi connectivity index (χ3v) is 5.11. The van der Waals surface area contributed by atoms with Gasteiger partial charge in [0.05, 0.1) is 19.3 Å². The second kappa shape index (κ2) is 11.7. The Morgan fingerprint density at radius 2 is 2.03 bits per heavy atom. The standard InChI is InChI=1S/C22H24N4O3.2ClH/c1-28-18-6-4-16(5-7-18)20-15-25-21(29-20)8-9-22(27)26-12-11-24-14-19(26)17-3-2-10-23-13-17;;/h2-7,10,13,15,19,24H,8-9,11-12,14H2,1H3;2*1H. The summed E-state index contributed by atoms with van der Waals surface area (Å²) in [6.45, 7) is 2.21. The lowest BCUT2D eigenvalue weighted by Gasteiger charge is -2.36. The molecule has 0 spiro atoms. The Kier molecular flexibility index (Phi) is 9.30. The molecule has 3 heterocycles. The minimum atomic E-state index is 0. The number of methoxy groups -OCH3 is 1. The van der Waals surface area contributed by atoms with Gasteiger partial charge in [0.25, 0.3) is 0 Å². The lowest BCUT2D eigenvalue weighted by atomic mass is 10.0. The van der Waals surface area contributed by atoms with E-state index in [2.05, 4.69) is 15.3 Å². The van der Waals surface area contributed by atoms with Gasteiger partial charge >= 0.3 is 0 Å². The highest BCUT2D eigenvalue weighted by Gasteiger charge is 2.27. The molecular weight excluding hydrogens is 439 g/mol. The van der Waals surface area contributed by atoms with Crippen LogP contribution in [0.1, 0.15) is 23.9 Å². The van der Waals surface area contributed by atoms with E-state index in [0.29, 0.717) is 31.0 Å². The number of amides is 1. The number of carbonyl (C=O) groups is 1. The van der Waals surface area contributed by atoms with Crippen LogP contribution in [0, 0.1) is 0 Å². The van der Waals surface area contributed by atoms with E-state index in [1.165, 1.54) is 0 Å². The van der Waals surface area contributed by atoms with Gasteiger partial charge < -0.3 is 19.4 Å². The van der Waals surface area contributed by atoms with Crippen molar-refractivity contribution in [2.24, 2.45) is 0 Å². The molecule has 1 aliphatic heterocycles. The van der Waals surface area contributed by atoms with Crippen LogP contribution >= 0.6 is 24.8 Å². The van der Waals surface area contributed by atoms with E-state index in [0.717, 1.165) is 30.0 Å². The molecule has 1 saturated heterocycles. The average molecular weight is 465 g/mol. The number of hydrogen-bond acceptors (Lipinski definition) is 6. The van der Waals surface area contributed by atoms with E-state index in [4.69, 9.17) is 9.15 Å². The number of nitrogens with one attached hydrogen (secondary N) is 1. The summed E-state index contributed by atoms with van der Waals surface area (Å²) in [6, 6.07) is 11.5. The summed E-state index contributed by atoms with van der Waals surface area (Å²) in [4.78, 5) is 23.4. The molecule has 2 aromatic heterocycles. The predicted molar refractivity (Wildman–Crippen MR) is 123 cm³/mol. The van der Waals surface area contributed by atoms with Crippen LogP contribution in [0.2, 0.25) is 0 Å². The maximum Gasteiger partial charge on any atom is 0.223 e. The van der Waals surface area contributed by atoms with E-state index in [1.54, 1.807) is 19.5 Å². The molecular formula is C22H26Cl2N4O3. The number of pyridine rings is 1. The fourth-order valence-electron chi connectivity index (χ4n) is 3.55. The zero-order chi connectivity index (χ0) is 20.1. The molecule has 1 aliphatic rings. The number of benzene rings is 1. The molecule has 1 atom stereocenters. The largest absolute Gasteiger partial charge is 0.497 e. The smallest absolute Gasteiger partial charge is 0.223 e. The van der Waals surface area contributed by atoms with Crippen molar-refractivity contribution in [2.75, 3.05) is 26.7 Å². The van der Waals surface area contributed by atoms with Crippen LogP contribution in [0.25, 0.3) is 11.3 Å². The number of ether oxygens (including phenoxy) is 1. The van der Waals surface area contributed by atoms with Crippen molar-refractivity contribution in [2.45, 2.75) is 18.9 Å². The highest BCUT2D eigenvalue weighted by atomic mass is 35.5. The molecule has 1 unspecified atom stereocenters. The summed E-state index contributed by atoms with van der Waals surface area (Å²) in [5.74, 6) is 2.14. The first kappa shape index (κ1) is 24.7. The summed E-state index contributed by atoms with van der Waals surface area (Å²) in [5.41, 5.74) is 1.97. The first-order chi connectivity index (χ1) is 14.2. The second-order valence-electron chi connectivity index (χ2n) is 6.94. The van der Waals surface area contributed by atoms with E-state index in [1.807, 2.05) is 47.5 Å². The predicted octanol–water partition coefficient (Wildman–Crippen LogP) is 3.69. The van der Waals surface area contributed by atoms with Crippen molar-refractivity contribution < 1.29 is 13.9 Å². The number of oxazole rings is 1. The molecule has 0 bridgehead atoms. The Balaban J connectivity index is 0.00000171. The number of piperazine rings is 1. The van der Waals surface area contributed by atoms with Crippen LogP contribution in [-0.2, 0) is 11.2 Å². The molecule has 3 aromatic rings. The third kappa shape index (κ3) is 5.97. The number of aromatic nitrogens is 2. The normalized spacial score (nSPS) is 15.5. The monoisotopic (exact) mass is 464 g/mol. The van der Waals surface area contributed by atoms with Gasteiger partial charge in [-0.2, -0.15) is 0 Å². The fourth-order valence-corrected chi connectivity index (χ4v) is 3.55. The minimum absolute atomic E-state index is 0. The zero-order valence-corrected chi connectivity index (χ0v) is 18.8. The van der Waals surface area contributed by atoms with Gasteiger partial charge in [-0.15, -0.1) is 24.8 Å². The summed E-state index contributed by atoms with van der Waals surface area (Å²) in [5, 5.41) is 3.36. The van der Waals surface area contributed by atoms with Crippen LogP contribution in [-0.4, -0.2) is 47.5 Å². The van der Waals surface area contributed by atoms with Gasteiger partial charge in [0.1, 0.15) is 5.75 Å². The van der Waals surface area contributed by atoms with Crippen molar-refractivity contribution in [3.63, 3.8) is 0 Å². The summed E-state index contributed by atoms with van der Waals surface area (Å²) < 4.78 is 11.0. The highest BCUT2D eigenvalue weighted by Crippen LogP contribution is 2.25. The summed E-state index contributed by atoms with van der Waals surface area (Å²) >= 11 is 0. The van der Waals surface area contributed by atoms with Gasteiger partial charge in [-0.3, -0.25) is 9.78 Å². The van der Waals surface area contributed by atoms with E-state index in [-0.39, 0.29) is 36.8 Å². The number of rotatable bonds is 6. The Morgan fingerprint density at radius 1 is 1.23 bits per heavy atom. The molecule has 1 aromatic carbocycles. The number of hydrogen-bond donors (Lipinski definition) is 1. The molecule has 0 radical (unpaired) electrons. The molecule has 1 N–H and O–H groups in total. The lowest BCUT2D eigenvalue weighted by molar-refractivity contribution is -0.134. The van der Waals surface area contributed by atoms with Gasteiger partial charge in [-0.1, -0.05) is 6.07 Å².